The fraction of sp³-hybridized carbons (Fsp3) is 0.923. The van der Waals surface area contributed by atoms with Gasteiger partial charge < -0.3 is 58.9 Å². The molecule has 3 aliphatic heterocycles. The van der Waals surface area contributed by atoms with Crippen LogP contribution < -0.4 is 0 Å². The second kappa shape index (κ2) is 17.9. The molecule has 3 fully saturated rings. The molecule has 0 saturated carbocycles. The van der Waals surface area contributed by atoms with E-state index in [1.54, 1.807) is 34.6 Å². The van der Waals surface area contributed by atoms with Gasteiger partial charge in [-0.25, -0.2) is 0 Å². The Morgan fingerprint density at radius 3 is 2.02 bits per heavy atom. The number of hydrogen-bond donors (Lipinski definition) is 5. The second-order valence-electron chi connectivity index (χ2n) is 17.2. The minimum Gasteiger partial charge on any atom is -0.459 e. The first-order chi connectivity index (χ1) is 24.8. The molecule has 0 spiro atoms. The first kappa shape index (κ1) is 46.8. The van der Waals surface area contributed by atoms with Crippen molar-refractivity contribution < 1.29 is 68.3 Å². The highest BCUT2D eigenvalue weighted by atomic mass is 16.7. The molecular formula is C39H69NO14. The van der Waals surface area contributed by atoms with Gasteiger partial charge in [0.15, 0.2) is 12.6 Å². The summed E-state index contributed by atoms with van der Waals surface area (Å²) in [4.78, 5) is 43.3. The van der Waals surface area contributed by atoms with Gasteiger partial charge in [0.05, 0.1) is 48.0 Å². The number of esters is 1. The molecular weight excluding hydrogens is 706 g/mol. The van der Waals surface area contributed by atoms with Crippen LogP contribution in [0, 0.1) is 29.6 Å². The Kier molecular flexibility index (Phi) is 15.5. The Bertz CT molecular complexity index is 1290. The third kappa shape index (κ3) is 9.39. The number of Topliss-reactive ketones (excluding diaryl/α,β-unsaturated/α-hetero) is 2. The molecule has 15 nitrogen and oxygen atoms in total. The van der Waals surface area contributed by atoms with E-state index in [9.17, 15) is 39.9 Å². The van der Waals surface area contributed by atoms with Gasteiger partial charge >= 0.3 is 5.97 Å². The van der Waals surface area contributed by atoms with Crippen LogP contribution in [0.1, 0.15) is 95.4 Å². The van der Waals surface area contributed by atoms with E-state index in [2.05, 4.69) is 0 Å². The topological polar surface area (TPSA) is 211 Å². The number of carbonyl (C=O) groups excluding carboxylic acids is 3. The largest absolute Gasteiger partial charge is 0.459 e. The van der Waals surface area contributed by atoms with Crippen molar-refractivity contribution in [2.75, 3.05) is 21.2 Å². The summed E-state index contributed by atoms with van der Waals surface area (Å²) in [7, 11) is 5.02. The van der Waals surface area contributed by atoms with Crippen molar-refractivity contribution in [1.82, 2.24) is 4.90 Å². The van der Waals surface area contributed by atoms with Gasteiger partial charge in [0.1, 0.15) is 41.1 Å². The number of carbonyl (C=O) groups is 3. The monoisotopic (exact) mass is 775 g/mol. The third-order valence-corrected chi connectivity index (χ3v) is 12.5. The quantitative estimate of drug-likeness (QED) is 0.222. The van der Waals surface area contributed by atoms with Crippen molar-refractivity contribution in [2.24, 2.45) is 29.6 Å². The molecule has 19 atom stereocenters. The molecule has 15 heteroatoms. The molecule has 3 aliphatic rings. The number of methoxy groups -OCH3 is 1. The van der Waals surface area contributed by atoms with Gasteiger partial charge in [0, 0.05) is 30.9 Å². The third-order valence-electron chi connectivity index (χ3n) is 12.5. The number of nitrogens with zero attached hydrogens (tertiary/aromatic N) is 1. The summed E-state index contributed by atoms with van der Waals surface area (Å²) >= 11 is 0. The van der Waals surface area contributed by atoms with E-state index < -0.39 is 119 Å². The highest BCUT2D eigenvalue weighted by molar-refractivity contribution is 5.83. The van der Waals surface area contributed by atoms with E-state index in [-0.39, 0.29) is 25.0 Å². The Hall–Kier alpha value is -1.63. The van der Waals surface area contributed by atoms with E-state index in [1.165, 1.54) is 41.7 Å². The number of hydrogen-bond acceptors (Lipinski definition) is 15. The van der Waals surface area contributed by atoms with Crippen LogP contribution in [0.2, 0.25) is 0 Å². The maximum Gasteiger partial charge on any atom is 0.311 e. The standard InChI is InChI=1S/C39H69NO14/c1-15-26-38(10,48)31(44)20(4)28(42)18(2)17-37(9,47)33(54-36-29(43)25(40(12)13)16-19(3)50-36)21(5)30(22(6)34(46)52-26)53-35-27(23(7)41)39(11,49-14)32(45)24(8)51-35/h18-22,24-27,29-33,35-36,43-45,47-48H,15-17H2,1-14H3/t18-,19-,20+,21+,22-,24+,25+,26?,27?,29-,30?,31-,32+,33-,35+,36+,37-,38-,39-/m1/s1. The van der Waals surface area contributed by atoms with Gasteiger partial charge in [-0.3, -0.25) is 14.4 Å². The van der Waals surface area contributed by atoms with Gasteiger partial charge in [0.25, 0.3) is 0 Å². The summed E-state index contributed by atoms with van der Waals surface area (Å²) in [6.07, 6.45) is -11.3. The van der Waals surface area contributed by atoms with Crippen LogP contribution in [-0.4, -0.2) is 153 Å². The highest BCUT2D eigenvalue weighted by Crippen LogP contribution is 2.43. The van der Waals surface area contributed by atoms with Crippen LogP contribution >= 0.6 is 0 Å². The smallest absolute Gasteiger partial charge is 0.311 e. The summed E-state index contributed by atoms with van der Waals surface area (Å²) in [6.45, 7) is 17.1. The number of cyclic esters (lactones) is 1. The van der Waals surface area contributed by atoms with Crippen molar-refractivity contribution in [3.05, 3.63) is 0 Å². The van der Waals surface area contributed by atoms with Crippen LogP contribution in [0.3, 0.4) is 0 Å². The van der Waals surface area contributed by atoms with Crippen LogP contribution in [0.4, 0.5) is 0 Å². The first-order valence-corrected chi connectivity index (χ1v) is 19.3. The Morgan fingerprint density at radius 2 is 1.50 bits per heavy atom. The number of aliphatic hydroxyl groups excluding tert-OH is 3. The van der Waals surface area contributed by atoms with Gasteiger partial charge in [-0.05, 0) is 81.8 Å². The Balaban J connectivity index is 2.27. The van der Waals surface area contributed by atoms with Crippen LogP contribution in [-0.2, 0) is 42.8 Å². The average molecular weight is 776 g/mol. The average Bonchev–Trinajstić information content (AvgIpc) is 3.08. The Labute approximate surface area is 320 Å². The lowest BCUT2D eigenvalue weighted by atomic mass is 9.73. The van der Waals surface area contributed by atoms with E-state index >= 15 is 0 Å². The molecule has 0 aromatic carbocycles. The number of rotatable bonds is 8. The first-order valence-electron chi connectivity index (χ1n) is 19.3. The minimum atomic E-state index is -2.05. The number of ketones is 2. The van der Waals surface area contributed by atoms with Crippen LogP contribution in [0.5, 0.6) is 0 Å². The fourth-order valence-electron chi connectivity index (χ4n) is 9.03. The molecule has 0 amide bonds. The fourth-order valence-corrected chi connectivity index (χ4v) is 9.03. The lowest BCUT2D eigenvalue weighted by molar-refractivity contribution is -0.330. The normalized spacial score (nSPS) is 49.0. The molecule has 0 aliphatic carbocycles. The maximum atomic E-state index is 14.2. The van der Waals surface area contributed by atoms with Crippen molar-refractivity contribution >= 4 is 17.5 Å². The van der Waals surface area contributed by atoms with Crippen LogP contribution in [0.15, 0.2) is 0 Å². The zero-order valence-corrected chi connectivity index (χ0v) is 34.7. The molecule has 3 heterocycles. The molecule has 3 rings (SSSR count). The summed E-state index contributed by atoms with van der Waals surface area (Å²) in [5.41, 5.74) is -5.39. The molecule has 314 valence electrons. The number of ether oxygens (including phenoxy) is 6. The molecule has 0 radical (unpaired) electrons. The van der Waals surface area contributed by atoms with Crippen molar-refractivity contribution in [3.63, 3.8) is 0 Å². The summed E-state index contributed by atoms with van der Waals surface area (Å²) < 4.78 is 37.2. The van der Waals surface area contributed by atoms with Crippen molar-refractivity contribution in [2.45, 2.75) is 180 Å². The zero-order valence-electron chi connectivity index (χ0n) is 34.7. The van der Waals surface area contributed by atoms with E-state index in [0.717, 1.165) is 0 Å². The maximum absolute atomic E-state index is 14.2. The number of likely N-dealkylation sites (N-methyl/N-ethyl adjacent to an activating group) is 1. The molecule has 0 aromatic heterocycles. The van der Waals surface area contributed by atoms with Gasteiger partial charge in [-0.2, -0.15) is 0 Å². The van der Waals surface area contributed by atoms with Crippen LogP contribution in [0.25, 0.3) is 0 Å². The number of aliphatic hydroxyl groups is 5. The van der Waals surface area contributed by atoms with E-state index in [0.29, 0.717) is 6.42 Å². The summed E-state index contributed by atoms with van der Waals surface area (Å²) in [5.74, 6) is -7.05. The summed E-state index contributed by atoms with van der Waals surface area (Å²) in [6, 6.07) is -0.369. The van der Waals surface area contributed by atoms with Gasteiger partial charge in [-0.15, -0.1) is 0 Å². The molecule has 0 bridgehead atoms. The van der Waals surface area contributed by atoms with E-state index in [4.69, 9.17) is 28.4 Å². The lowest BCUT2D eigenvalue weighted by Gasteiger charge is -2.51. The SMILES string of the molecule is CCC1OC(=O)[C@H](C)C(O[C@@H]2O[C@@H](C)[C@H](O)[C@](C)(OC)C2C(C)=O)[C@H](C)[C@@H](O[C@@H]2O[C@H](C)C[C@H](N(C)C)[C@H]2O)[C@](C)(O)C[C@@H](C)C(=O)[C@H](C)[C@@H](O)[C@]1(C)O. The predicted octanol–water partition coefficient (Wildman–Crippen LogP) is 1.60. The second-order valence-corrected chi connectivity index (χ2v) is 17.2. The molecule has 3 saturated heterocycles. The molecule has 3 unspecified atom stereocenters. The van der Waals surface area contributed by atoms with E-state index in [1.807, 2.05) is 25.9 Å². The van der Waals surface area contributed by atoms with Crippen molar-refractivity contribution in [3.8, 4) is 0 Å². The summed E-state index contributed by atoms with van der Waals surface area (Å²) in [5, 5.41) is 58.1. The molecule has 54 heavy (non-hydrogen) atoms. The predicted molar refractivity (Wildman–Crippen MR) is 196 cm³/mol. The van der Waals surface area contributed by atoms with Gasteiger partial charge in [0.2, 0.25) is 0 Å². The molecule has 0 aromatic rings. The Morgan fingerprint density at radius 1 is 0.907 bits per heavy atom. The highest BCUT2D eigenvalue weighted by Gasteiger charge is 2.58. The minimum absolute atomic E-state index is 0.0857. The molecule has 5 N–H and O–H groups in total. The lowest BCUT2D eigenvalue weighted by Crippen LogP contribution is -2.65. The van der Waals surface area contributed by atoms with Crippen molar-refractivity contribution in [1.29, 1.82) is 0 Å². The zero-order chi connectivity index (χ0) is 41.4. The van der Waals surface area contributed by atoms with Gasteiger partial charge in [-0.1, -0.05) is 27.7 Å².